The number of carbonyl (C=O) groups is 3. The first-order valence-corrected chi connectivity index (χ1v) is 12.9. The second-order valence-corrected chi connectivity index (χ2v) is 10.6. The van der Waals surface area contributed by atoms with Crippen LogP contribution >= 0.6 is 11.6 Å². The topological polar surface area (TPSA) is 104 Å². The SMILES string of the molecule is CCC(C(=O)NC(C)C)N(Cc1ccc(Cl)cc1)C(=O)CCN1C(=O)c2ccccc2S1(=O)=O. The molecule has 1 aliphatic rings. The molecule has 0 fully saturated rings. The Hall–Kier alpha value is -2.91. The standard InChI is InChI=1S/C24H28ClN3O5S/c1-4-20(23(30)26-16(2)3)27(15-17-9-11-18(25)12-10-17)22(29)13-14-28-24(31)19-7-5-6-8-21(19)34(28,32)33/h5-12,16,20H,4,13-15H2,1-3H3,(H,26,30). The average Bonchev–Trinajstić information content (AvgIpc) is 2.98. The number of sulfonamides is 1. The predicted octanol–water partition coefficient (Wildman–Crippen LogP) is 3.21. The molecule has 0 bridgehead atoms. The van der Waals surface area contributed by atoms with Crippen molar-refractivity contribution in [1.82, 2.24) is 14.5 Å². The Kier molecular flexibility index (Phi) is 7.99. The van der Waals surface area contributed by atoms with Crippen LogP contribution < -0.4 is 5.32 Å². The number of amides is 3. The smallest absolute Gasteiger partial charge is 0.269 e. The second-order valence-electron chi connectivity index (χ2n) is 8.36. The summed E-state index contributed by atoms with van der Waals surface area (Å²) in [6.07, 6.45) is 0.113. The van der Waals surface area contributed by atoms with Crippen LogP contribution in [0.4, 0.5) is 0 Å². The van der Waals surface area contributed by atoms with Crippen molar-refractivity contribution in [3.05, 3.63) is 64.7 Å². The van der Waals surface area contributed by atoms with Gasteiger partial charge in [0.2, 0.25) is 11.8 Å². The molecule has 3 rings (SSSR count). The molecule has 1 aliphatic heterocycles. The van der Waals surface area contributed by atoms with E-state index < -0.39 is 27.9 Å². The van der Waals surface area contributed by atoms with E-state index in [9.17, 15) is 22.8 Å². The fraction of sp³-hybridized carbons (Fsp3) is 0.375. The quantitative estimate of drug-likeness (QED) is 0.563. The summed E-state index contributed by atoms with van der Waals surface area (Å²) in [6, 6.07) is 12.0. The zero-order chi connectivity index (χ0) is 25.0. The molecule has 1 unspecified atom stereocenters. The molecule has 1 heterocycles. The maximum Gasteiger partial charge on any atom is 0.269 e. The summed E-state index contributed by atoms with van der Waals surface area (Å²) < 4.78 is 26.4. The molecule has 1 N–H and O–H groups in total. The number of hydrogen-bond donors (Lipinski definition) is 1. The minimum Gasteiger partial charge on any atom is -0.352 e. The lowest BCUT2D eigenvalue weighted by Crippen LogP contribution is -2.51. The van der Waals surface area contributed by atoms with E-state index in [4.69, 9.17) is 11.6 Å². The van der Waals surface area contributed by atoms with Gasteiger partial charge in [0.05, 0.1) is 5.56 Å². The molecule has 0 saturated carbocycles. The van der Waals surface area contributed by atoms with E-state index in [1.165, 1.54) is 17.0 Å². The third-order valence-corrected chi connectivity index (χ3v) is 7.62. The lowest BCUT2D eigenvalue weighted by Gasteiger charge is -2.31. The van der Waals surface area contributed by atoms with Crippen molar-refractivity contribution >= 4 is 39.3 Å². The van der Waals surface area contributed by atoms with Gasteiger partial charge in [-0.2, -0.15) is 0 Å². The van der Waals surface area contributed by atoms with E-state index in [-0.39, 0.29) is 41.9 Å². The minimum atomic E-state index is -4.02. The van der Waals surface area contributed by atoms with Gasteiger partial charge >= 0.3 is 0 Å². The maximum absolute atomic E-state index is 13.3. The number of rotatable bonds is 9. The molecular weight excluding hydrogens is 478 g/mol. The Morgan fingerprint density at radius 3 is 2.32 bits per heavy atom. The van der Waals surface area contributed by atoms with E-state index in [2.05, 4.69) is 5.32 Å². The van der Waals surface area contributed by atoms with E-state index in [1.807, 2.05) is 13.8 Å². The van der Waals surface area contributed by atoms with Crippen LogP contribution in [0.3, 0.4) is 0 Å². The molecular formula is C24H28ClN3O5S. The van der Waals surface area contributed by atoms with Crippen LogP contribution in [0.1, 0.15) is 49.5 Å². The molecule has 10 heteroatoms. The number of nitrogens with zero attached hydrogens (tertiary/aromatic N) is 2. The van der Waals surface area contributed by atoms with Crippen molar-refractivity contribution in [2.24, 2.45) is 0 Å². The van der Waals surface area contributed by atoms with Crippen LogP contribution in [0.2, 0.25) is 5.02 Å². The van der Waals surface area contributed by atoms with Gasteiger partial charge in [0, 0.05) is 30.6 Å². The molecule has 1 atom stereocenters. The predicted molar refractivity (Wildman–Crippen MR) is 129 cm³/mol. The summed E-state index contributed by atoms with van der Waals surface area (Å²) in [5.74, 6) is -1.38. The highest BCUT2D eigenvalue weighted by atomic mass is 35.5. The van der Waals surface area contributed by atoms with Crippen LogP contribution in [-0.2, 0) is 26.2 Å². The minimum absolute atomic E-state index is 0.0618. The van der Waals surface area contributed by atoms with Gasteiger partial charge in [-0.25, -0.2) is 12.7 Å². The van der Waals surface area contributed by atoms with Crippen molar-refractivity contribution in [2.45, 2.75) is 57.1 Å². The van der Waals surface area contributed by atoms with Gasteiger partial charge in [-0.1, -0.05) is 42.8 Å². The van der Waals surface area contributed by atoms with Gasteiger partial charge in [0.25, 0.3) is 15.9 Å². The monoisotopic (exact) mass is 505 g/mol. The van der Waals surface area contributed by atoms with Gasteiger partial charge < -0.3 is 10.2 Å². The molecule has 2 aromatic rings. The molecule has 0 aromatic heterocycles. The molecule has 34 heavy (non-hydrogen) atoms. The lowest BCUT2D eigenvalue weighted by molar-refractivity contribution is -0.141. The highest BCUT2D eigenvalue weighted by molar-refractivity contribution is 7.90. The molecule has 0 aliphatic carbocycles. The summed E-state index contributed by atoms with van der Waals surface area (Å²) in [6.45, 7) is 5.29. The summed E-state index contributed by atoms with van der Waals surface area (Å²) in [4.78, 5) is 40.2. The number of carbonyl (C=O) groups excluding carboxylic acids is 3. The number of benzene rings is 2. The first-order valence-electron chi connectivity index (χ1n) is 11.1. The molecule has 2 aromatic carbocycles. The van der Waals surface area contributed by atoms with Crippen LogP contribution in [0, 0.1) is 0 Å². The van der Waals surface area contributed by atoms with Crippen LogP contribution in [0.5, 0.6) is 0 Å². The van der Waals surface area contributed by atoms with E-state index >= 15 is 0 Å². The zero-order valence-electron chi connectivity index (χ0n) is 19.3. The van der Waals surface area contributed by atoms with Crippen LogP contribution in [0.25, 0.3) is 0 Å². The Morgan fingerprint density at radius 1 is 1.09 bits per heavy atom. The first kappa shape index (κ1) is 25.7. The van der Waals surface area contributed by atoms with Gasteiger partial charge in [0.15, 0.2) is 0 Å². The van der Waals surface area contributed by atoms with Gasteiger partial charge in [-0.15, -0.1) is 0 Å². The van der Waals surface area contributed by atoms with E-state index in [1.54, 1.807) is 43.3 Å². The number of nitrogens with one attached hydrogen (secondary N) is 1. The first-order chi connectivity index (χ1) is 16.1. The van der Waals surface area contributed by atoms with Crippen molar-refractivity contribution in [3.63, 3.8) is 0 Å². The molecule has 0 radical (unpaired) electrons. The normalized spacial score (nSPS) is 15.2. The highest BCUT2D eigenvalue weighted by Gasteiger charge is 2.41. The summed E-state index contributed by atoms with van der Waals surface area (Å²) in [5, 5.41) is 3.38. The van der Waals surface area contributed by atoms with Crippen molar-refractivity contribution < 1.29 is 22.8 Å². The van der Waals surface area contributed by atoms with Crippen molar-refractivity contribution in [3.8, 4) is 0 Å². The van der Waals surface area contributed by atoms with Gasteiger partial charge in [-0.3, -0.25) is 14.4 Å². The molecule has 182 valence electrons. The number of halogens is 1. The largest absolute Gasteiger partial charge is 0.352 e. The number of hydrogen-bond acceptors (Lipinski definition) is 5. The average molecular weight is 506 g/mol. The molecule has 0 spiro atoms. The third-order valence-electron chi connectivity index (χ3n) is 5.52. The summed E-state index contributed by atoms with van der Waals surface area (Å²) in [7, 11) is -4.02. The lowest BCUT2D eigenvalue weighted by atomic mass is 10.1. The van der Waals surface area contributed by atoms with Crippen molar-refractivity contribution in [1.29, 1.82) is 0 Å². The van der Waals surface area contributed by atoms with Crippen LogP contribution in [0.15, 0.2) is 53.4 Å². The zero-order valence-corrected chi connectivity index (χ0v) is 20.9. The Labute approximate surface area is 204 Å². The van der Waals surface area contributed by atoms with E-state index in [0.29, 0.717) is 11.4 Å². The molecule has 0 saturated heterocycles. The molecule has 3 amide bonds. The Bertz CT molecular complexity index is 1180. The molecule has 8 nitrogen and oxygen atoms in total. The van der Waals surface area contributed by atoms with Gasteiger partial charge in [0.1, 0.15) is 10.9 Å². The Balaban J connectivity index is 1.82. The van der Waals surface area contributed by atoms with E-state index in [0.717, 1.165) is 9.87 Å². The van der Waals surface area contributed by atoms with Crippen molar-refractivity contribution in [2.75, 3.05) is 6.54 Å². The highest BCUT2D eigenvalue weighted by Crippen LogP contribution is 2.30. The summed E-state index contributed by atoms with van der Waals surface area (Å²) in [5.41, 5.74) is 0.863. The van der Waals surface area contributed by atoms with Gasteiger partial charge in [-0.05, 0) is 50.1 Å². The Morgan fingerprint density at radius 2 is 1.74 bits per heavy atom. The van der Waals surface area contributed by atoms with Crippen LogP contribution in [-0.4, -0.2) is 54.0 Å². The maximum atomic E-state index is 13.3. The second kappa shape index (κ2) is 10.6. The fourth-order valence-corrected chi connectivity index (χ4v) is 5.58. The third kappa shape index (κ3) is 5.42. The summed E-state index contributed by atoms with van der Waals surface area (Å²) >= 11 is 5.97. The fourth-order valence-electron chi connectivity index (χ4n) is 3.88. The number of fused-ring (bicyclic) bond motifs is 1.